The van der Waals surface area contributed by atoms with Crippen LogP contribution in [-0.4, -0.2) is 38.2 Å². The molecule has 1 fully saturated rings. The van der Waals surface area contributed by atoms with Gasteiger partial charge >= 0.3 is 0 Å². The van der Waals surface area contributed by atoms with Crippen molar-refractivity contribution in [3.05, 3.63) is 36.3 Å². The van der Waals surface area contributed by atoms with Crippen molar-refractivity contribution >= 4 is 18.1 Å². The van der Waals surface area contributed by atoms with Gasteiger partial charge in [0, 0.05) is 44.0 Å². The van der Waals surface area contributed by atoms with Crippen molar-refractivity contribution in [3.63, 3.8) is 0 Å². The monoisotopic (exact) mass is 286 g/mol. The van der Waals surface area contributed by atoms with Gasteiger partial charge in [0.15, 0.2) is 0 Å². The van der Waals surface area contributed by atoms with Gasteiger partial charge in [0.25, 0.3) is 0 Å². The average molecular weight is 287 g/mol. The SMILES string of the molecule is C/C=C/N1CCN(c2cc(F)cc(OC)c2)CC1.Cl. The van der Waals surface area contributed by atoms with Crippen LogP contribution in [0.3, 0.4) is 0 Å². The zero-order valence-electron chi connectivity index (χ0n) is 11.3. The van der Waals surface area contributed by atoms with Crippen LogP contribution in [0.4, 0.5) is 10.1 Å². The quantitative estimate of drug-likeness (QED) is 0.850. The van der Waals surface area contributed by atoms with E-state index in [1.54, 1.807) is 13.2 Å². The van der Waals surface area contributed by atoms with Crippen LogP contribution < -0.4 is 9.64 Å². The molecule has 1 aromatic rings. The highest BCUT2D eigenvalue weighted by molar-refractivity contribution is 5.85. The lowest BCUT2D eigenvalue weighted by molar-refractivity contribution is 0.348. The number of methoxy groups -OCH3 is 1. The van der Waals surface area contributed by atoms with Gasteiger partial charge in [0.05, 0.1) is 7.11 Å². The first-order chi connectivity index (χ1) is 8.72. The van der Waals surface area contributed by atoms with Crippen LogP contribution in [-0.2, 0) is 0 Å². The third-order valence-corrected chi connectivity index (χ3v) is 3.13. The second-order valence-electron chi connectivity index (χ2n) is 4.35. The number of nitrogens with zero attached hydrogens (tertiary/aromatic N) is 2. The molecule has 0 N–H and O–H groups in total. The minimum Gasteiger partial charge on any atom is -0.497 e. The van der Waals surface area contributed by atoms with Crippen LogP contribution in [0.1, 0.15) is 6.92 Å². The molecule has 0 aliphatic carbocycles. The first kappa shape index (κ1) is 15.6. The third kappa shape index (κ3) is 4.03. The van der Waals surface area contributed by atoms with Crippen molar-refractivity contribution in [2.45, 2.75) is 6.92 Å². The Morgan fingerprint density at radius 2 is 1.84 bits per heavy atom. The fourth-order valence-corrected chi connectivity index (χ4v) is 2.19. The third-order valence-electron chi connectivity index (χ3n) is 3.13. The maximum atomic E-state index is 13.4. The Labute approximate surface area is 120 Å². The Morgan fingerprint density at radius 3 is 2.42 bits per heavy atom. The van der Waals surface area contributed by atoms with Crippen LogP contribution >= 0.6 is 12.4 Å². The van der Waals surface area contributed by atoms with Crippen LogP contribution in [0.15, 0.2) is 30.5 Å². The Balaban J connectivity index is 0.00000180. The molecule has 0 radical (unpaired) electrons. The summed E-state index contributed by atoms with van der Waals surface area (Å²) in [4.78, 5) is 4.46. The number of hydrogen-bond donors (Lipinski definition) is 0. The molecule has 1 aliphatic rings. The molecule has 0 atom stereocenters. The summed E-state index contributed by atoms with van der Waals surface area (Å²) in [5, 5.41) is 0. The molecular weight excluding hydrogens is 267 g/mol. The Bertz CT molecular complexity index is 431. The number of piperazine rings is 1. The predicted molar refractivity (Wildman–Crippen MR) is 78.8 cm³/mol. The van der Waals surface area contributed by atoms with Crippen molar-refractivity contribution in [2.24, 2.45) is 0 Å². The lowest BCUT2D eigenvalue weighted by Gasteiger charge is -2.35. The largest absolute Gasteiger partial charge is 0.497 e. The summed E-state index contributed by atoms with van der Waals surface area (Å²) in [7, 11) is 1.56. The fourth-order valence-electron chi connectivity index (χ4n) is 2.19. The summed E-state index contributed by atoms with van der Waals surface area (Å²) in [6.07, 6.45) is 4.14. The summed E-state index contributed by atoms with van der Waals surface area (Å²) < 4.78 is 18.5. The van der Waals surface area contributed by atoms with Gasteiger partial charge in [-0.2, -0.15) is 0 Å². The number of benzene rings is 1. The molecule has 0 saturated carbocycles. The molecule has 2 rings (SSSR count). The normalized spacial score (nSPS) is 15.5. The second kappa shape index (κ2) is 7.24. The summed E-state index contributed by atoms with van der Waals surface area (Å²) in [5.74, 6) is 0.320. The highest BCUT2D eigenvalue weighted by Crippen LogP contribution is 2.24. The number of hydrogen-bond acceptors (Lipinski definition) is 3. The lowest BCUT2D eigenvalue weighted by Crippen LogP contribution is -2.44. The van der Waals surface area contributed by atoms with Gasteiger partial charge in [-0.25, -0.2) is 4.39 Å². The highest BCUT2D eigenvalue weighted by atomic mass is 35.5. The molecule has 5 heteroatoms. The first-order valence-corrected chi connectivity index (χ1v) is 6.19. The molecule has 0 unspecified atom stereocenters. The molecular formula is C14H20ClFN2O. The van der Waals surface area contributed by atoms with E-state index in [1.165, 1.54) is 6.07 Å². The molecule has 0 aromatic heterocycles. The Hall–Kier alpha value is -1.42. The van der Waals surface area contributed by atoms with E-state index in [0.29, 0.717) is 5.75 Å². The second-order valence-corrected chi connectivity index (χ2v) is 4.35. The van der Waals surface area contributed by atoms with Crippen LogP contribution in [0, 0.1) is 5.82 Å². The molecule has 106 valence electrons. The maximum Gasteiger partial charge on any atom is 0.128 e. The molecule has 3 nitrogen and oxygen atoms in total. The molecule has 0 spiro atoms. The number of allylic oxidation sites excluding steroid dienone is 1. The number of ether oxygens (including phenoxy) is 1. The van der Waals surface area contributed by atoms with Gasteiger partial charge in [-0.15, -0.1) is 12.4 Å². The molecule has 0 bridgehead atoms. The summed E-state index contributed by atoms with van der Waals surface area (Å²) >= 11 is 0. The number of rotatable bonds is 3. The topological polar surface area (TPSA) is 15.7 Å². The van der Waals surface area contributed by atoms with Gasteiger partial charge in [-0.1, -0.05) is 6.08 Å². The van der Waals surface area contributed by atoms with E-state index in [4.69, 9.17) is 4.74 Å². The van der Waals surface area contributed by atoms with Gasteiger partial charge in [-0.05, 0) is 19.2 Å². The van der Waals surface area contributed by atoms with Crippen molar-refractivity contribution in [2.75, 3.05) is 38.2 Å². The molecule has 0 amide bonds. The zero-order chi connectivity index (χ0) is 13.0. The molecule has 1 aromatic carbocycles. The Morgan fingerprint density at radius 1 is 1.16 bits per heavy atom. The number of halogens is 2. The lowest BCUT2D eigenvalue weighted by atomic mass is 10.2. The zero-order valence-corrected chi connectivity index (χ0v) is 12.1. The van der Waals surface area contributed by atoms with E-state index < -0.39 is 0 Å². The van der Waals surface area contributed by atoms with Crippen molar-refractivity contribution < 1.29 is 9.13 Å². The maximum absolute atomic E-state index is 13.4. The van der Waals surface area contributed by atoms with Crippen molar-refractivity contribution in [1.82, 2.24) is 4.90 Å². The summed E-state index contributed by atoms with van der Waals surface area (Å²) in [6, 6.07) is 4.85. The summed E-state index contributed by atoms with van der Waals surface area (Å²) in [6.45, 7) is 5.74. The van der Waals surface area contributed by atoms with E-state index in [2.05, 4.69) is 16.0 Å². The first-order valence-electron chi connectivity index (χ1n) is 6.19. The minimum atomic E-state index is -0.250. The van der Waals surface area contributed by atoms with Crippen LogP contribution in [0.2, 0.25) is 0 Å². The van der Waals surface area contributed by atoms with E-state index in [-0.39, 0.29) is 18.2 Å². The summed E-state index contributed by atoms with van der Waals surface area (Å²) in [5.41, 5.74) is 0.895. The molecule has 1 saturated heterocycles. The standard InChI is InChI=1S/C14H19FN2O.ClH/c1-3-4-16-5-7-17(8-6-16)13-9-12(15)10-14(11-13)18-2;/h3-4,9-11H,5-8H2,1-2H3;1H/b4-3+;. The number of anilines is 1. The average Bonchev–Trinajstić information content (AvgIpc) is 2.39. The van der Waals surface area contributed by atoms with Gasteiger partial charge < -0.3 is 14.5 Å². The molecule has 1 aliphatic heterocycles. The van der Waals surface area contributed by atoms with E-state index >= 15 is 0 Å². The van der Waals surface area contributed by atoms with Crippen molar-refractivity contribution in [1.29, 1.82) is 0 Å². The highest BCUT2D eigenvalue weighted by Gasteiger charge is 2.16. The van der Waals surface area contributed by atoms with Crippen molar-refractivity contribution in [3.8, 4) is 5.75 Å². The predicted octanol–water partition coefficient (Wildman–Crippen LogP) is 2.91. The van der Waals surface area contributed by atoms with Gasteiger partial charge in [-0.3, -0.25) is 0 Å². The molecule has 19 heavy (non-hydrogen) atoms. The van der Waals surface area contributed by atoms with Gasteiger partial charge in [0.1, 0.15) is 11.6 Å². The van der Waals surface area contributed by atoms with E-state index in [1.807, 2.05) is 19.1 Å². The Kier molecular flexibility index (Phi) is 5.96. The van der Waals surface area contributed by atoms with E-state index in [9.17, 15) is 4.39 Å². The van der Waals surface area contributed by atoms with Gasteiger partial charge in [0.2, 0.25) is 0 Å². The molecule has 1 heterocycles. The smallest absolute Gasteiger partial charge is 0.128 e. The minimum absolute atomic E-state index is 0. The van der Waals surface area contributed by atoms with Crippen LogP contribution in [0.25, 0.3) is 0 Å². The van der Waals surface area contributed by atoms with Crippen LogP contribution in [0.5, 0.6) is 5.75 Å². The van der Waals surface area contributed by atoms with E-state index in [0.717, 1.165) is 31.9 Å². The fraction of sp³-hybridized carbons (Fsp3) is 0.429.